The fraction of sp³-hybridized carbons (Fsp3) is 0.231. The van der Waals surface area contributed by atoms with Crippen LogP contribution in [-0.2, 0) is 16.7 Å². The molecule has 0 amide bonds. The van der Waals surface area contributed by atoms with Crippen molar-refractivity contribution in [1.82, 2.24) is 0 Å². The number of rotatable bonds is 18. The van der Waals surface area contributed by atoms with Crippen LogP contribution in [0.2, 0.25) is 6.04 Å². The van der Waals surface area contributed by atoms with Crippen LogP contribution in [0.3, 0.4) is 0 Å². The third-order valence-electron chi connectivity index (χ3n) is 7.80. The van der Waals surface area contributed by atoms with Crippen LogP contribution in [0.1, 0.15) is 24.0 Å². The summed E-state index contributed by atoms with van der Waals surface area (Å²) in [6, 6.07) is 50.9. The second kappa shape index (κ2) is 18.7. The van der Waals surface area contributed by atoms with E-state index in [4.69, 9.17) is 9.16 Å². The Balaban J connectivity index is 1.36. The molecule has 4 nitrogen and oxygen atoms in total. The number of benzene rings is 5. The van der Waals surface area contributed by atoms with E-state index in [1.165, 1.54) is 39.5 Å². The first-order valence-corrected chi connectivity index (χ1v) is 22.3. The molecule has 0 aliphatic rings. The molecule has 47 heavy (non-hydrogen) atoms. The molecule has 0 aliphatic heterocycles. The number of thioether (sulfide) groups is 1. The van der Waals surface area contributed by atoms with Gasteiger partial charge in [-0.15, -0.1) is 0 Å². The van der Waals surface area contributed by atoms with E-state index in [1.54, 1.807) is 0 Å². The second-order valence-corrected chi connectivity index (χ2v) is 19.4. The van der Waals surface area contributed by atoms with E-state index in [0.29, 0.717) is 12.7 Å². The standard InChI is InChI=1S/C39H44O4P2SSi/c1-42-47(40,41)27-15-26-46-25-14-24-43-35-29-33(31-44(36-16-6-2-7-17-36)37-18-8-3-9-19-37)28-34(30-35)32-45(38-20-10-4-11-21-38)39-22-12-5-13-23-39/h2-13,16-23,28-30,40-41H,14-15,24-27,31-32H2,1H3. The minimum absolute atomic E-state index is 0.339. The quantitative estimate of drug-likeness (QED) is 0.0567. The topological polar surface area (TPSA) is 58.9 Å². The van der Waals surface area contributed by atoms with E-state index in [2.05, 4.69) is 140 Å². The molecule has 0 aliphatic carbocycles. The molecule has 0 aromatic heterocycles. The summed E-state index contributed by atoms with van der Waals surface area (Å²) >= 11 is 1.82. The predicted octanol–water partition coefficient (Wildman–Crippen LogP) is 7.41. The van der Waals surface area contributed by atoms with Gasteiger partial charge in [0.05, 0.1) is 6.61 Å². The van der Waals surface area contributed by atoms with Crippen LogP contribution in [0, 0.1) is 0 Å². The Kier molecular flexibility index (Phi) is 14.1. The molecule has 0 radical (unpaired) electrons. The van der Waals surface area contributed by atoms with E-state index < -0.39 is 24.6 Å². The molecule has 244 valence electrons. The maximum Gasteiger partial charge on any atom is 0.495 e. The highest BCUT2D eigenvalue weighted by Gasteiger charge is 2.29. The molecule has 0 saturated carbocycles. The third kappa shape index (κ3) is 11.4. The maximum atomic E-state index is 9.75. The van der Waals surface area contributed by atoms with Gasteiger partial charge in [-0.1, -0.05) is 127 Å². The lowest BCUT2D eigenvalue weighted by Gasteiger charge is -2.22. The number of hydrogen-bond donors (Lipinski definition) is 2. The summed E-state index contributed by atoms with van der Waals surface area (Å²) in [4.78, 5) is 19.5. The van der Waals surface area contributed by atoms with Gasteiger partial charge >= 0.3 is 8.80 Å². The van der Waals surface area contributed by atoms with Gasteiger partial charge < -0.3 is 18.8 Å². The van der Waals surface area contributed by atoms with Crippen molar-refractivity contribution < 1.29 is 18.8 Å². The zero-order valence-corrected chi connectivity index (χ0v) is 30.6. The highest BCUT2D eigenvalue weighted by molar-refractivity contribution is 7.99. The largest absolute Gasteiger partial charge is 0.495 e. The zero-order valence-electron chi connectivity index (χ0n) is 26.9. The average Bonchev–Trinajstić information content (AvgIpc) is 3.12. The van der Waals surface area contributed by atoms with Gasteiger partial charge in [-0.2, -0.15) is 11.8 Å². The third-order valence-corrected chi connectivity index (χ3v) is 15.7. The van der Waals surface area contributed by atoms with Crippen LogP contribution >= 0.6 is 27.6 Å². The molecule has 5 aromatic carbocycles. The van der Waals surface area contributed by atoms with Gasteiger partial charge in [-0.3, -0.25) is 0 Å². The van der Waals surface area contributed by atoms with Crippen molar-refractivity contribution >= 4 is 57.6 Å². The Bertz CT molecular complexity index is 1430. The smallest absolute Gasteiger partial charge is 0.494 e. The normalized spacial score (nSPS) is 11.7. The van der Waals surface area contributed by atoms with Gasteiger partial charge in [0.1, 0.15) is 5.75 Å². The second-order valence-electron chi connectivity index (χ2n) is 11.4. The molecule has 5 aromatic rings. The Morgan fingerprint density at radius 1 is 0.574 bits per heavy atom. The van der Waals surface area contributed by atoms with Crippen molar-refractivity contribution in [2.24, 2.45) is 0 Å². The highest BCUT2D eigenvalue weighted by atomic mass is 32.2. The molecule has 8 heteroatoms. The van der Waals surface area contributed by atoms with Crippen molar-refractivity contribution in [3.8, 4) is 5.75 Å². The Morgan fingerprint density at radius 3 is 1.38 bits per heavy atom. The summed E-state index contributed by atoms with van der Waals surface area (Å²) in [6.45, 7) is 0.644. The first-order chi connectivity index (χ1) is 23.0. The maximum absolute atomic E-state index is 9.75. The molecule has 0 fully saturated rings. The fourth-order valence-corrected chi connectivity index (χ4v) is 11.9. The first kappa shape index (κ1) is 35.5. The average molecular weight is 699 g/mol. The molecule has 0 heterocycles. The van der Waals surface area contributed by atoms with Crippen LogP contribution < -0.4 is 26.0 Å². The molecule has 0 spiro atoms. The SMILES string of the molecule is CO[Si](O)(O)CCCSCCCOc1cc(CP(c2ccccc2)c2ccccc2)cc(CP(c2ccccc2)c2ccccc2)c1. The monoisotopic (exact) mass is 698 g/mol. The molecular formula is C39H44O4P2SSi. The van der Waals surface area contributed by atoms with Gasteiger partial charge in [-0.25, -0.2) is 0 Å². The molecule has 0 atom stereocenters. The van der Waals surface area contributed by atoms with Crippen molar-refractivity contribution in [3.05, 3.63) is 151 Å². The minimum atomic E-state index is -3.45. The van der Waals surface area contributed by atoms with Crippen LogP contribution in [0.4, 0.5) is 0 Å². The van der Waals surface area contributed by atoms with Crippen LogP contribution in [0.25, 0.3) is 0 Å². The summed E-state index contributed by atoms with van der Waals surface area (Å²) < 4.78 is 11.3. The molecule has 0 bridgehead atoms. The lowest BCUT2D eigenvalue weighted by Crippen LogP contribution is -2.37. The van der Waals surface area contributed by atoms with Gasteiger partial charge in [0.25, 0.3) is 0 Å². The Morgan fingerprint density at radius 2 is 0.979 bits per heavy atom. The summed E-state index contributed by atoms with van der Waals surface area (Å²) in [7, 11) is -3.27. The molecular weight excluding hydrogens is 655 g/mol. The van der Waals surface area contributed by atoms with E-state index >= 15 is 0 Å². The van der Waals surface area contributed by atoms with E-state index in [1.807, 2.05) is 11.8 Å². The number of ether oxygens (including phenoxy) is 1. The van der Waals surface area contributed by atoms with Gasteiger partial charge in [0.15, 0.2) is 0 Å². The van der Waals surface area contributed by atoms with E-state index in [0.717, 1.165) is 42.4 Å². The van der Waals surface area contributed by atoms with Gasteiger partial charge in [0, 0.05) is 25.5 Å². The lowest BCUT2D eigenvalue weighted by molar-refractivity contribution is 0.184. The van der Waals surface area contributed by atoms with Crippen molar-refractivity contribution in [2.45, 2.75) is 31.2 Å². The van der Waals surface area contributed by atoms with Gasteiger partial charge in [0.2, 0.25) is 0 Å². The van der Waals surface area contributed by atoms with Crippen LogP contribution in [0.5, 0.6) is 5.75 Å². The molecule has 0 unspecified atom stereocenters. The highest BCUT2D eigenvalue weighted by Crippen LogP contribution is 2.42. The predicted molar refractivity (Wildman–Crippen MR) is 206 cm³/mol. The molecule has 0 saturated heterocycles. The molecule has 2 N–H and O–H groups in total. The summed E-state index contributed by atoms with van der Waals surface area (Å²) in [5.41, 5.74) is 2.61. The minimum Gasteiger partial charge on any atom is -0.494 e. The first-order valence-electron chi connectivity index (χ1n) is 16.1. The van der Waals surface area contributed by atoms with Crippen molar-refractivity contribution in [1.29, 1.82) is 0 Å². The Labute approximate surface area is 288 Å². The Hall–Kier alpha value is -2.79. The fourth-order valence-electron chi connectivity index (χ4n) is 5.41. The van der Waals surface area contributed by atoms with Crippen molar-refractivity contribution in [3.63, 3.8) is 0 Å². The van der Waals surface area contributed by atoms with Gasteiger partial charge in [-0.05, 0) is 84.7 Å². The summed E-state index contributed by atoms with van der Waals surface area (Å²) in [5, 5.41) is 5.51. The molecule has 5 rings (SSSR count). The summed E-state index contributed by atoms with van der Waals surface area (Å²) in [6.07, 6.45) is 3.55. The number of hydrogen-bond acceptors (Lipinski definition) is 5. The van der Waals surface area contributed by atoms with Crippen LogP contribution in [0.15, 0.2) is 140 Å². The lowest BCUT2D eigenvalue weighted by atomic mass is 10.1. The zero-order chi connectivity index (χ0) is 32.7. The van der Waals surface area contributed by atoms with Crippen molar-refractivity contribution in [2.75, 3.05) is 25.2 Å². The van der Waals surface area contributed by atoms with E-state index in [-0.39, 0.29) is 0 Å². The van der Waals surface area contributed by atoms with E-state index in [9.17, 15) is 9.59 Å². The summed E-state index contributed by atoms with van der Waals surface area (Å²) in [5.74, 6) is 2.78. The van der Waals surface area contributed by atoms with Crippen LogP contribution in [-0.4, -0.2) is 43.6 Å².